The van der Waals surface area contributed by atoms with Crippen LogP contribution in [0.3, 0.4) is 0 Å². The molecule has 1 aromatic rings. The van der Waals surface area contributed by atoms with Gasteiger partial charge in [-0.1, -0.05) is 11.6 Å². The highest BCUT2D eigenvalue weighted by Crippen LogP contribution is 2.35. The predicted molar refractivity (Wildman–Crippen MR) is 61.8 cm³/mol. The van der Waals surface area contributed by atoms with E-state index in [0.29, 0.717) is 6.07 Å². The summed E-state index contributed by atoms with van der Waals surface area (Å²) in [5, 5.41) is 18.3. The molecule has 0 aromatic carbocycles. The first-order valence-corrected chi connectivity index (χ1v) is 5.81. The lowest BCUT2D eigenvalue weighted by atomic mass is 10.0. The number of aliphatic hydroxyl groups is 2. The normalized spacial score (nSPS) is 14.8. The molecule has 5 nitrogen and oxygen atoms in total. The molecule has 0 aliphatic rings. The van der Waals surface area contributed by atoms with Gasteiger partial charge in [-0.05, 0) is 13.0 Å². The number of carbonyl (C=O) groups is 1. The van der Waals surface area contributed by atoms with E-state index in [-0.39, 0.29) is 6.61 Å². The maximum atomic E-state index is 12.6. The summed E-state index contributed by atoms with van der Waals surface area (Å²) in [6, 6.07) is 0.516. The largest absolute Gasteiger partial charge is 0.464 e. The van der Waals surface area contributed by atoms with Gasteiger partial charge < -0.3 is 14.9 Å². The molecule has 0 saturated carbocycles. The van der Waals surface area contributed by atoms with Crippen molar-refractivity contribution in [2.45, 2.75) is 25.3 Å². The minimum atomic E-state index is -4.77. The molecule has 0 amide bonds. The van der Waals surface area contributed by atoms with Crippen molar-refractivity contribution in [2.75, 3.05) is 6.61 Å². The van der Waals surface area contributed by atoms with Gasteiger partial charge >= 0.3 is 12.1 Å². The van der Waals surface area contributed by atoms with Gasteiger partial charge in [-0.25, -0.2) is 9.78 Å². The number of alkyl halides is 3. The van der Waals surface area contributed by atoms with Crippen molar-refractivity contribution in [1.29, 1.82) is 0 Å². The Hall–Kier alpha value is -1.38. The van der Waals surface area contributed by atoms with Crippen molar-refractivity contribution in [3.8, 4) is 0 Å². The van der Waals surface area contributed by atoms with Crippen molar-refractivity contribution in [3.63, 3.8) is 0 Å². The Kier molecular flexibility index (Phi) is 5.32. The van der Waals surface area contributed by atoms with Crippen molar-refractivity contribution in [2.24, 2.45) is 0 Å². The minimum absolute atomic E-state index is 0.0463. The van der Waals surface area contributed by atoms with E-state index >= 15 is 0 Å². The molecule has 0 saturated heterocycles. The van der Waals surface area contributed by atoms with Gasteiger partial charge in [-0.2, -0.15) is 13.2 Å². The number of aliphatic hydroxyl groups excluding tert-OH is 2. The van der Waals surface area contributed by atoms with Gasteiger partial charge in [0.15, 0.2) is 6.10 Å². The van der Waals surface area contributed by atoms with E-state index in [2.05, 4.69) is 9.72 Å². The third kappa shape index (κ3) is 3.81. The first kappa shape index (κ1) is 16.7. The van der Waals surface area contributed by atoms with Gasteiger partial charge in [0.05, 0.1) is 12.2 Å². The zero-order valence-corrected chi connectivity index (χ0v) is 10.9. The van der Waals surface area contributed by atoms with E-state index in [1.54, 1.807) is 0 Å². The summed E-state index contributed by atoms with van der Waals surface area (Å²) in [5.41, 5.74) is -1.67. The van der Waals surface area contributed by atoms with Crippen LogP contribution in [0.2, 0.25) is 5.15 Å². The maximum Gasteiger partial charge on any atom is 0.419 e. The lowest BCUT2D eigenvalue weighted by Crippen LogP contribution is -2.30. The van der Waals surface area contributed by atoms with Crippen molar-refractivity contribution in [3.05, 3.63) is 28.5 Å². The summed E-state index contributed by atoms with van der Waals surface area (Å²) >= 11 is 5.31. The third-order valence-electron chi connectivity index (χ3n) is 2.33. The van der Waals surface area contributed by atoms with Crippen LogP contribution in [0.4, 0.5) is 13.2 Å². The Balaban J connectivity index is 3.05. The Bertz CT molecular complexity index is 495. The van der Waals surface area contributed by atoms with E-state index in [4.69, 9.17) is 11.6 Å². The summed E-state index contributed by atoms with van der Waals surface area (Å²) in [6.45, 7) is 1.43. The Labute approximate surface area is 117 Å². The van der Waals surface area contributed by atoms with Crippen LogP contribution < -0.4 is 0 Å². The molecule has 0 bridgehead atoms. The molecule has 1 rings (SSSR count). The average Bonchev–Trinajstić information content (AvgIpc) is 2.36. The topological polar surface area (TPSA) is 79.7 Å². The molecule has 2 unspecified atom stereocenters. The number of aromatic nitrogens is 1. The molecule has 1 aromatic heterocycles. The van der Waals surface area contributed by atoms with Crippen LogP contribution in [0, 0.1) is 0 Å². The van der Waals surface area contributed by atoms with Gasteiger partial charge in [-0.15, -0.1) is 0 Å². The van der Waals surface area contributed by atoms with Crippen molar-refractivity contribution < 1.29 is 32.9 Å². The molecule has 2 atom stereocenters. The SMILES string of the molecule is CCOC(=O)C(O)C(O)c1cnc(Cl)c(C(F)(F)F)c1. The van der Waals surface area contributed by atoms with E-state index in [9.17, 15) is 28.2 Å². The molecule has 9 heteroatoms. The minimum Gasteiger partial charge on any atom is -0.464 e. The van der Waals surface area contributed by atoms with E-state index in [1.807, 2.05) is 0 Å². The average molecular weight is 314 g/mol. The van der Waals surface area contributed by atoms with Gasteiger partial charge in [0, 0.05) is 11.8 Å². The number of halogens is 4. The monoisotopic (exact) mass is 313 g/mol. The quantitative estimate of drug-likeness (QED) is 0.653. The Morgan fingerprint density at radius 2 is 2.10 bits per heavy atom. The molecule has 0 spiro atoms. The highest BCUT2D eigenvalue weighted by molar-refractivity contribution is 6.30. The molecule has 0 aliphatic carbocycles. The van der Waals surface area contributed by atoms with E-state index in [1.165, 1.54) is 6.92 Å². The van der Waals surface area contributed by atoms with Gasteiger partial charge in [0.2, 0.25) is 0 Å². The molecule has 0 fully saturated rings. The fourth-order valence-corrected chi connectivity index (χ4v) is 1.57. The first-order valence-electron chi connectivity index (χ1n) is 5.43. The Morgan fingerprint density at radius 1 is 1.50 bits per heavy atom. The number of hydrogen-bond donors (Lipinski definition) is 2. The third-order valence-corrected chi connectivity index (χ3v) is 2.64. The molecule has 20 heavy (non-hydrogen) atoms. The first-order chi connectivity index (χ1) is 9.18. The van der Waals surface area contributed by atoms with Gasteiger partial charge in [0.25, 0.3) is 0 Å². The highest BCUT2D eigenvalue weighted by Gasteiger charge is 2.36. The summed E-state index contributed by atoms with van der Waals surface area (Å²) in [7, 11) is 0. The molecular weight excluding hydrogens is 303 g/mol. The zero-order chi connectivity index (χ0) is 15.5. The number of nitrogens with zero attached hydrogens (tertiary/aromatic N) is 1. The molecule has 112 valence electrons. The standard InChI is InChI=1S/C11H11ClF3NO4/c1-2-20-10(19)8(18)7(17)5-3-6(11(13,14)15)9(12)16-4-5/h3-4,7-8,17-18H,2H2,1H3. The predicted octanol–water partition coefficient (Wildman–Crippen LogP) is 1.71. The summed E-state index contributed by atoms with van der Waals surface area (Å²) in [6.07, 6.45) is -7.85. The molecule has 1 heterocycles. The second-order valence-electron chi connectivity index (χ2n) is 3.75. The smallest absolute Gasteiger partial charge is 0.419 e. The van der Waals surface area contributed by atoms with E-state index < -0.39 is 40.6 Å². The lowest BCUT2D eigenvalue weighted by Gasteiger charge is -2.18. The number of hydrogen-bond acceptors (Lipinski definition) is 5. The lowest BCUT2D eigenvalue weighted by molar-refractivity contribution is -0.159. The summed E-state index contributed by atoms with van der Waals surface area (Å²) < 4.78 is 42.3. The fraction of sp³-hybridized carbons (Fsp3) is 0.455. The van der Waals surface area contributed by atoms with Crippen LogP contribution in [0.25, 0.3) is 0 Å². The summed E-state index contributed by atoms with van der Waals surface area (Å²) in [5.74, 6) is -1.15. The Morgan fingerprint density at radius 3 is 2.60 bits per heavy atom. The summed E-state index contributed by atoms with van der Waals surface area (Å²) in [4.78, 5) is 14.5. The number of rotatable bonds is 4. The second-order valence-corrected chi connectivity index (χ2v) is 4.10. The van der Waals surface area contributed by atoms with Crippen LogP contribution in [-0.4, -0.2) is 33.9 Å². The van der Waals surface area contributed by atoms with Crippen molar-refractivity contribution >= 4 is 17.6 Å². The van der Waals surface area contributed by atoms with Crippen molar-refractivity contribution in [1.82, 2.24) is 4.98 Å². The molecule has 0 radical (unpaired) electrons. The molecular formula is C11H11ClF3NO4. The highest BCUT2D eigenvalue weighted by atomic mass is 35.5. The van der Waals surface area contributed by atoms with Crippen LogP contribution in [0.1, 0.15) is 24.2 Å². The van der Waals surface area contributed by atoms with Crippen LogP contribution >= 0.6 is 11.6 Å². The second kappa shape index (κ2) is 6.38. The number of pyridine rings is 1. The van der Waals surface area contributed by atoms with Gasteiger partial charge in [-0.3, -0.25) is 0 Å². The maximum absolute atomic E-state index is 12.6. The fourth-order valence-electron chi connectivity index (χ4n) is 1.36. The van der Waals surface area contributed by atoms with Crippen LogP contribution in [0.5, 0.6) is 0 Å². The molecule has 0 aliphatic heterocycles. The van der Waals surface area contributed by atoms with Crippen LogP contribution in [0.15, 0.2) is 12.3 Å². The number of esters is 1. The molecule has 2 N–H and O–H groups in total. The van der Waals surface area contributed by atoms with E-state index in [0.717, 1.165) is 6.20 Å². The number of ether oxygens (including phenoxy) is 1. The van der Waals surface area contributed by atoms with Gasteiger partial charge in [0.1, 0.15) is 11.3 Å². The zero-order valence-electron chi connectivity index (χ0n) is 10.2. The number of carbonyl (C=O) groups excluding carboxylic acids is 1. The van der Waals surface area contributed by atoms with Crippen LogP contribution in [-0.2, 0) is 15.7 Å².